The van der Waals surface area contributed by atoms with E-state index in [9.17, 15) is 9.90 Å². The molecule has 0 aliphatic heterocycles. The van der Waals surface area contributed by atoms with Gasteiger partial charge in [0.05, 0.1) is 25.8 Å². The molecule has 0 unspecified atom stereocenters. The van der Waals surface area contributed by atoms with Gasteiger partial charge in [-0.05, 0) is 12.8 Å². The Morgan fingerprint density at radius 1 is 1.19 bits per heavy atom. The minimum absolute atomic E-state index is 0.0288. The number of carbonyl (C=O) groups excluding carboxylic acids is 1. The molecule has 0 radical (unpaired) electrons. The fourth-order valence-corrected chi connectivity index (χ4v) is 2.16. The van der Waals surface area contributed by atoms with E-state index in [1.54, 1.807) is 0 Å². The summed E-state index contributed by atoms with van der Waals surface area (Å²) in [7, 11) is 0. The molecule has 0 rings (SSSR count). The number of aliphatic hydroxyl groups excluding tert-OH is 2. The third-order valence-corrected chi connectivity index (χ3v) is 3.33. The Morgan fingerprint density at radius 3 is 2.38 bits per heavy atom. The number of carboxylic acids is 1. The molecule has 0 saturated carbocycles. The molecule has 0 amide bonds. The molecule has 0 spiro atoms. The van der Waals surface area contributed by atoms with Crippen LogP contribution < -0.4 is 5.11 Å². The highest BCUT2D eigenvalue weighted by Gasteiger charge is 2.26. The van der Waals surface area contributed by atoms with Crippen molar-refractivity contribution in [3.63, 3.8) is 0 Å². The molecule has 0 aliphatic carbocycles. The number of carbonyl (C=O) groups is 1. The SMILES string of the molecule is CCCCC/C=C/COC[N+](CCO)(CCO)CC(=O)[O-]. The van der Waals surface area contributed by atoms with Gasteiger partial charge in [0.1, 0.15) is 19.6 Å². The van der Waals surface area contributed by atoms with Crippen LogP contribution in [0.15, 0.2) is 12.2 Å². The van der Waals surface area contributed by atoms with Crippen LogP contribution >= 0.6 is 0 Å². The van der Waals surface area contributed by atoms with Gasteiger partial charge >= 0.3 is 0 Å². The van der Waals surface area contributed by atoms with E-state index in [-0.39, 0.29) is 44.1 Å². The van der Waals surface area contributed by atoms with Gasteiger partial charge in [0.2, 0.25) is 0 Å². The second-order valence-electron chi connectivity index (χ2n) is 5.23. The largest absolute Gasteiger partial charge is 0.544 e. The highest BCUT2D eigenvalue weighted by Crippen LogP contribution is 2.06. The molecule has 0 aromatic heterocycles. The molecule has 0 bridgehead atoms. The minimum atomic E-state index is -1.21. The van der Waals surface area contributed by atoms with Gasteiger partial charge in [-0.3, -0.25) is 4.48 Å². The molecule has 0 aliphatic rings. The van der Waals surface area contributed by atoms with Crippen LogP contribution in [0.2, 0.25) is 0 Å². The van der Waals surface area contributed by atoms with Gasteiger partial charge in [-0.1, -0.05) is 31.9 Å². The highest BCUT2D eigenvalue weighted by atomic mass is 16.5. The molecule has 21 heavy (non-hydrogen) atoms. The summed E-state index contributed by atoms with van der Waals surface area (Å²) in [6.07, 6.45) is 8.55. The zero-order valence-corrected chi connectivity index (χ0v) is 13.0. The van der Waals surface area contributed by atoms with E-state index in [2.05, 4.69) is 13.0 Å². The summed E-state index contributed by atoms with van der Waals surface area (Å²) in [5.74, 6) is -1.21. The molecule has 0 fully saturated rings. The van der Waals surface area contributed by atoms with Crippen molar-refractivity contribution < 1.29 is 29.3 Å². The lowest BCUT2D eigenvalue weighted by atomic mass is 10.2. The number of ether oxygens (including phenoxy) is 1. The van der Waals surface area contributed by atoms with Crippen molar-refractivity contribution in [3.05, 3.63) is 12.2 Å². The van der Waals surface area contributed by atoms with Crippen LogP contribution in [0.25, 0.3) is 0 Å². The van der Waals surface area contributed by atoms with Crippen molar-refractivity contribution in [2.24, 2.45) is 0 Å². The number of carboxylic acid groups (broad SMARTS) is 1. The summed E-state index contributed by atoms with van der Waals surface area (Å²) < 4.78 is 5.46. The van der Waals surface area contributed by atoms with E-state index < -0.39 is 5.97 Å². The molecule has 0 aromatic rings. The molecule has 0 heterocycles. The van der Waals surface area contributed by atoms with E-state index in [0.717, 1.165) is 12.8 Å². The standard InChI is InChI=1S/C15H29NO5/c1-2-3-4-5-6-7-12-21-14-16(8-10-17,9-11-18)13-15(19)20/h6-7,17-18H,2-5,8-14H2,1H3/b7-6+. The van der Waals surface area contributed by atoms with E-state index in [0.29, 0.717) is 6.61 Å². The average molecular weight is 303 g/mol. The quantitative estimate of drug-likeness (QED) is 0.198. The highest BCUT2D eigenvalue weighted by molar-refractivity contribution is 5.65. The Labute approximate surface area is 127 Å². The van der Waals surface area contributed by atoms with Gasteiger partial charge in [-0.15, -0.1) is 0 Å². The molecular weight excluding hydrogens is 274 g/mol. The zero-order chi connectivity index (χ0) is 16.0. The van der Waals surface area contributed by atoms with Gasteiger partial charge < -0.3 is 24.9 Å². The monoisotopic (exact) mass is 303 g/mol. The first-order valence-corrected chi connectivity index (χ1v) is 7.59. The molecule has 0 saturated heterocycles. The number of unbranched alkanes of at least 4 members (excludes halogenated alkanes) is 3. The van der Waals surface area contributed by atoms with Gasteiger partial charge in [0.25, 0.3) is 0 Å². The first-order chi connectivity index (χ1) is 10.1. The smallest absolute Gasteiger partial charge is 0.183 e. The Bertz CT molecular complexity index is 288. The zero-order valence-electron chi connectivity index (χ0n) is 13.0. The van der Waals surface area contributed by atoms with Crippen LogP contribution in [0.4, 0.5) is 0 Å². The Hall–Kier alpha value is -0.950. The fraction of sp³-hybridized carbons (Fsp3) is 0.800. The maximum atomic E-state index is 10.8. The lowest BCUT2D eigenvalue weighted by molar-refractivity contribution is -0.941. The topological polar surface area (TPSA) is 89.8 Å². The summed E-state index contributed by atoms with van der Waals surface area (Å²) in [6, 6.07) is 0. The number of allylic oxidation sites excluding steroid dienone is 1. The number of aliphatic hydroxyl groups is 2. The number of quaternary nitrogens is 1. The van der Waals surface area contributed by atoms with Gasteiger partial charge in [0.15, 0.2) is 6.73 Å². The van der Waals surface area contributed by atoms with Crippen LogP contribution in [0.5, 0.6) is 0 Å². The van der Waals surface area contributed by atoms with Gasteiger partial charge in [-0.2, -0.15) is 0 Å². The Balaban J connectivity index is 4.18. The molecule has 0 atom stereocenters. The third-order valence-electron chi connectivity index (χ3n) is 3.33. The van der Waals surface area contributed by atoms with Crippen LogP contribution in [-0.4, -0.2) is 66.9 Å². The summed E-state index contributed by atoms with van der Waals surface area (Å²) in [6.45, 7) is 2.52. The van der Waals surface area contributed by atoms with Crippen molar-refractivity contribution in [2.75, 3.05) is 46.2 Å². The first-order valence-electron chi connectivity index (χ1n) is 7.59. The molecule has 6 nitrogen and oxygen atoms in total. The summed E-state index contributed by atoms with van der Waals surface area (Å²) >= 11 is 0. The van der Waals surface area contributed by atoms with Crippen molar-refractivity contribution in [3.8, 4) is 0 Å². The second-order valence-corrected chi connectivity index (χ2v) is 5.23. The van der Waals surface area contributed by atoms with Crippen LogP contribution in [0.1, 0.15) is 32.6 Å². The van der Waals surface area contributed by atoms with Gasteiger partial charge in [-0.25, -0.2) is 0 Å². The average Bonchev–Trinajstić information content (AvgIpc) is 2.41. The first kappa shape index (κ1) is 20.1. The molecule has 6 heteroatoms. The molecule has 124 valence electrons. The van der Waals surface area contributed by atoms with Crippen molar-refractivity contribution in [1.29, 1.82) is 0 Å². The normalized spacial score (nSPS) is 12.1. The van der Waals surface area contributed by atoms with E-state index in [4.69, 9.17) is 14.9 Å². The summed E-state index contributed by atoms with van der Waals surface area (Å²) in [5.41, 5.74) is 0. The number of rotatable bonds is 14. The molecular formula is C15H29NO5. The fourth-order valence-electron chi connectivity index (χ4n) is 2.16. The maximum Gasteiger partial charge on any atom is 0.183 e. The summed E-state index contributed by atoms with van der Waals surface area (Å²) in [5, 5.41) is 29.0. The van der Waals surface area contributed by atoms with Crippen molar-refractivity contribution in [2.45, 2.75) is 32.6 Å². The van der Waals surface area contributed by atoms with E-state index >= 15 is 0 Å². The Kier molecular flexibility index (Phi) is 12.2. The molecule has 0 aromatic carbocycles. The predicted octanol–water partition coefficient (Wildman–Crippen LogP) is -0.352. The van der Waals surface area contributed by atoms with Crippen LogP contribution in [0.3, 0.4) is 0 Å². The van der Waals surface area contributed by atoms with E-state index in [1.165, 1.54) is 12.8 Å². The van der Waals surface area contributed by atoms with E-state index in [1.807, 2.05) is 6.08 Å². The number of hydrogen-bond acceptors (Lipinski definition) is 5. The third kappa shape index (κ3) is 10.4. The maximum absolute atomic E-state index is 10.8. The number of nitrogens with zero attached hydrogens (tertiary/aromatic N) is 1. The number of hydrogen-bond donors (Lipinski definition) is 2. The molecule has 2 N–H and O–H groups in total. The van der Waals surface area contributed by atoms with Crippen molar-refractivity contribution in [1.82, 2.24) is 0 Å². The van der Waals surface area contributed by atoms with Crippen LogP contribution in [-0.2, 0) is 9.53 Å². The lowest BCUT2D eigenvalue weighted by Crippen LogP contribution is -2.57. The van der Waals surface area contributed by atoms with Crippen LogP contribution in [0, 0.1) is 0 Å². The number of aliphatic carboxylic acids is 1. The summed E-state index contributed by atoms with van der Waals surface area (Å²) in [4.78, 5) is 10.8. The lowest BCUT2D eigenvalue weighted by Gasteiger charge is -2.37. The van der Waals surface area contributed by atoms with Crippen molar-refractivity contribution >= 4 is 5.97 Å². The Morgan fingerprint density at radius 2 is 1.86 bits per heavy atom. The second kappa shape index (κ2) is 12.8. The minimum Gasteiger partial charge on any atom is -0.544 e. The predicted molar refractivity (Wildman–Crippen MR) is 78.1 cm³/mol. The van der Waals surface area contributed by atoms with Gasteiger partial charge in [0, 0.05) is 0 Å².